The number of piperidine rings is 1. The first kappa shape index (κ1) is 17.0. The number of likely N-dealkylation sites (tertiary alicyclic amines) is 1. The highest BCUT2D eigenvalue weighted by atomic mass is 16.2. The quantitative estimate of drug-likeness (QED) is 0.826. The molecule has 1 saturated heterocycles. The summed E-state index contributed by atoms with van der Waals surface area (Å²) in [5, 5.41) is 2.93. The van der Waals surface area contributed by atoms with E-state index < -0.39 is 0 Å². The van der Waals surface area contributed by atoms with Crippen LogP contribution >= 0.6 is 0 Å². The van der Waals surface area contributed by atoms with Crippen LogP contribution in [0.25, 0.3) is 0 Å². The van der Waals surface area contributed by atoms with E-state index in [4.69, 9.17) is 0 Å². The second kappa shape index (κ2) is 7.62. The van der Waals surface area contributed by atoms with Gasteiger partial charge in [-0.15, -0.1) is 0 Å². The zero-order valence-electron chi connectivity index (χ0n) is 13.4. The predicted molar refractivity (Wildman–Crippen MR) is 80.4 cm³/mol. The van der Waals surface area contributed by atoms with E-state index in [1.807, 2.05) is 37.5 Å². The largest absolute Gasteiger partial charge is 0.350 e. The molecule has 5 nitrogen and oxygen atoms in total. The summed E-state index contributed by atoms with van der Waals surface area (Å²) in [4.78, 5) is 27.9. The summed E-state index contributed by atoms with van der Waals surface area (Å²) in [6.07, 6.45) is 3.42. The van der Waals surface area contributed by atoms with Crippen molar-refractivity contribution >= 4 is 11.8 Å². The van der Waals surface area contributed by atoms with E-state index in [9.17, 15) is 9.59 Å². The standard InChI is InChI=1S/C15H29N3O2/c1-5-17(11-13(19)16-15(2,3)4)12-14(20)18-9-7-6-8-10-18/h5-12H2,1-4H3,(H,16,19). The van der Waals surface area contributed by atoms with Crippen LogP contribution in [0.1, 0.15) is 47.0 Å². The van der Waals surface area contributed by atoms with Crippen molar-refractivity contribution in [2.45, 2.75) is 52.5 Å². The second-order valence-corrected chi connectivity index (χ2v) is 6.54. The van der Waals surface area contributed by atoms with E-state index in [1.54, 1.807) is 0 Å². The number of hydrogen-bond acceptors (Lipinski definition) is 3. The average molecular weight is 283 g/mol. The molecule has 0 spiro atoms. The van der Waals surface area contributed by atoms with E-state index in [0.717, 1.165) is 25.9 Å². The van der Waals surface area contributed by atoms with E-state index in [2.05, 4.69) is 5.32 Å². The van der Waals surface area contributed by atoms with Crippen molar-refractivity contribution in [3.8, 4) is 0 Å². The molecule has 0 unspecified atom stereocenters. The minimum Gasteiger partial charge on any atom is -0.350 e. The van der Waals surface area contributed by atoms with Crippen molar-refractivity contribution in [1.82, 2.24) is 15.1 Å². The van der Waals surface area contributed by atoms with Crippen molar-refractivity contribution in [1.29, 1.82) is 0 Å². The molecule has 2 amide bonds. The summed E-state index contributed by atoms with van der Waals surface area (Å²) in [5.41, 5.74) is -0.229. The molecule has 1 N–H and O–H groups in total. The highest BCUT2D eigenvalue weighted by molar-refractivity contribution is 5.81. The minimum atomic E-state index is -0.229. The van der Waals surface area contributed by atoms with Gasteiger partial charge in [-0.3, -0.25) is 14.5 Å². The molecule has 1 rings (SSSR count). The first-order chi connectivity index (χ1) is 9.31. The summed E-state index contributed by atoms with van der Waals surface area (Å²) >= 11 is 0. The van der Waals surface area contributed by atoms with E-state index in [-0.39, 0.29) is 23.9 Å². The molecule has 0 bridgehead atoms. The van der Waals surface area contributed by atoms with Gasteiger partial charge in [0, 0.05) is 18.6 Å². The van der Waals surface area contributed by atoms with Crippen molar-refractivity contribution < 1.29 is 9.59 Å². The summed E-state index contributed by atoms with van der Waals surface area (Å²) in [5.74, 6) is 0.126. The molecule has 116 valence electrons. The fourth-order valence-corrected chi connectivity index (χ4v) is 2.37. The molecule has 0 radical (unpaired) electrons. The lowest BCUT2D eigenvalue weighted by Gasteiger charge is -2.30. The summed E-state index contributed by atoms with van der Waals surface area (Å²) in [6, 6.07) is 0. The number of nitrogens with one attached hydrogen (secondary N) is 1. The lowest BCUT2D eigenvalue weighted by molar-refractivity contribution is -0.134. The smallest absolute Gasteiger partial charge is 0.236 e. The van der Waals surface area contributed by atoms with Gasteiger partial charge in [-0.25, -0.2) is 0 Å². The molecule has 0 aromatic carbocycles. The van der Waals surface area contributed by atoms with Crippen LogP contribution < -0.4 is 5.32 Å². The van der Waals surface area contributed by atoms with Crippen molar-refractivity contribution in [3.63, 3.8) is 0 Å². The molecule has 0 atom stereocenters. The van der Waals surface area contributed by atoms with Gasteiger partial charge in [0.2, 0.25) is 11.8 Å². The van der Waals surface area contributed by atoms with Crippen LogP contribution in [0.2, 0.25) is 0 Å². The van der Waals surface area contributed by atoms with Gasteiger partial charge in [-0.1, -0.05) is 6.92 Å². The van der Waals surface area contributed by atoms with Gasteiger partial charge >= 0.3 is 0 Å². The molecule has 5 heteroatoms. The first-order valence-corrected chi connectivity index (χ1v) is 7.63. The van der Waals surface area contributed by atoms with E-state index in [1.165, 1.54) is 6.42 Å². The van der Waals surface area contributed by atoms with Crippen LogP contribution in [0.15, 0.2) is 0 Å². The number of hydrogen-bond donors (Lipinski definition) is 1. The van der Waals surface area contributed by atoms with Crippen molar-refractivity contribution in [2.24, 2.45) is 0 Å². The zero-order valence-corrected chi connectivity index (χ0v) is 13.4. The lowest BCUT2D eigenvalue weighted by Crippen LogP contribution is -2.48. The Hall–Kier alpha value is -1.10. The minimum absolute atomic E-state index is 0.0224. The Morgan fingerprint density at radius 2 is 1.70 bits per heavy atom. The number of carbonyl (C=O) groups excluding carboxylic acids is 2. The predicted octanol–water partition coefficient (Wildman–Crippen LogP) is 1.24. The molecule has 1 fully saturated rings. The first-order valence-electron chi connectivity index (χ1n) is 7.63. The Morgan fingerprint density at radius 3 is 2.20 bits per heavy atom. The Bertz CT molecular complexity index is 331. The fourth-order valence-electron chi connectivity index (χ4n) is 2.37. The fraction of sp³-hybridized carbons (Fsp3) is 0.867. The average Bonchev–Trinajstić information content (AvgIpc) is 2.36. The highest BCUT2D eigenvalue weighted by Gasteiger charge is 2.21. The van der Waals surface area contributed by atoms with Gasteiger partial charge < -0.3 is 10.2 Å². The van der Waals surface area contributed by atoms with Crippen LogP contribution in [0.3, 0.4) is 0 Å². The van der Waals surface area contributed by atoms with Gasteiger partial charge in [0.15, 0.2) is 0 Å². The van der Waals surface area contributed by atoms with Crippen molar-refractivity contribution in [3.05, 3.63) is 0 Å². The molecule has 0 aromatic heterocycles. The third-order valence-corrected chi connectivity index (χ3v) is 3.40. The van der Waals surface area contributed by atoms with Crippen LogP contribution in [0.4, 0.5) is 0 Å². The van der Waals surface area contributed by atoms with Crippen LogP contribution in [-0.2, 0) is 9.59 Å². The van der Waals surface area contributed by atoms with Gasteiger partial charge in [0.05, 0.1) is 13.1 Å². The van der Waals surface area contributed by atoms with E-state index in [0.29, 0.717) is 13.1 Å². The molecule has 20 heavy (non-hydrogen) atoms. The maximum Gasteiger partial charge on any atom is 0.236 e. The van der Waals surface area contributed by atoms with Crippen LogP contribution in [-0.4, -0.2) is 59.9 Å². The van der Waals surface area contributed by atoms with Gasteiger partial charge in [0.1, 0.15) is 0 Å². The molecule has 0 aromatic rings. The highest BCUT2D eigenvalue weighted by Crippen LogP contribution is 2.09. The molecular formula is C15H29N3O2. The molecule has 1 aliphatic heterocycles. The maximum atomic E-state index is 12.2. The third kappa shape index (κ3) is 6.37. The molecule has 0 saturated carbocycles. The van der Waals surface area contributed by atoms with Gasteiger partial charge in [-0.2, -0.15) is 0 Å². The number of rotatable bonds is 5. The lowest BCUT2D eigenvalue weighted by atomic mass is 10.1. The molecule has 0 aliphatic carbocycles. The normalized spacial score (nSPS) is 16.4. The molecular weight excluding hydrogens is 254 g/mol. The number of carbonyl (C=O) groups is 2. The molecule has 1 heterocycles. The Labute approximate surface area is 122 Å². The second-order valence-electron chi connectivity index (χ2n) is 6.54. The third-order valence-electron chi connectivity index (χ3n) is 3.40. The SMILES string of the molecule is CCN(CC(=O)NC(C)(C)C)CC(=O)N1CCCCC1. The molecule has 1 aliphatic rings. The Kier molecular flexibility index (Phi) is 6.46. The number of nitrogens with zero attached hydrogens (tertiary/aromatic N) is 2. The van der Waals surface area contributed by atoms with Gasteiger partial charge in [-0.05, 0) is 46.6 Å². The maximum absolute atomic E-state index is 12.2. The van der Waals surface area contributed by atoms with Crippen LogP contribution in [0.5, 0.6) is 0 Å². The van der Waals surface area contributed by atoms with E-state index >= 15 is 0 Å². The number of amides is 2. The summed E-state index contributed by atoms with van der Waals surface area (Å²) in [7, 11) is 0. The monoisotopic (exact) mass is 283 g/mol. The van der Waals surface area contributed by atoms with Crippen LogP contribution in [0, 0.1) is 0 Å². The topological polar surface area (TPSA) is 52.7 Å². The summed E-state index contributed by atoms with van der Waals surface area (Å²) < 4.78 is 0. The van der Waals surface area contributed by atoms with Gasteiger partial charge in [0.25, 0.3) is 0 Å². The number of likely N-dealkylation sites (N-methyl/N-ethyl adjacent to an activating group) is 1. The van der Waals surface area contributed by atoms with Crippen molar-refractivity contribution in [2.75, 3.05) is 32.7 Å². The summed E-state index contributed by atoms with van der Waals surface area (Å²) in [6.45, 7) is 10.9. The zero-order chi connectivity index (χ0) is 15.2. The Balaban J connectivity index is 2.41. The Morgan fingerprint density at radius 1 is 1.10 bits per heavy atom.